The molecular formula is C13H13BrFN3O. The Balaban J connectivity index is 2.05. The number of nitrogens with zero attached hydrogens (tertiary/aromatic N) is 3. The van der Waals surface area contributed by atoms with Crippen molar-refractivity contribution < 1.29 is 9.18 Å². The third-order valence-corrected chi connectivity index (χ3v) is 3.61. The maximum Gasteiger partial charge on any atom is 0.256 e. The van der Waals surface area contributed by atoms with Gasteiger partial charge in [0.2, 0.25) is 0 Å². The molecule has 1 aliphatic rings. The quantitative estimate of drug-likeness (QED) is 0.780. The van der Waals surface area contributed by atoms with E-state index in [1.165, 1.54) is 12.1 Å². The summed E-state index contributed by atoms with van der Waals surface area (Å²) < 4.78 is 14.3. The summed E-state index contributed by atoms with van der Waals surface area (Å²) in [6.45, 7) is 2.70. The van der Waals surface area contributed by atoms with Gasteiger partial charge in [0.1, 0.15) is 5.82 Å². The molecule has 0 spiro atoms. The van der Waals surface area contributed by atoms with Crippen LogP contribution in [0.2, 0.25) is 0 Å². The molecule has 6 heteroatoms. The Kier molecular flexibility index (Phi) is 4.51. The summed E-state index contributed by atoms with van der Waals surface area (Å²) >= 11 is 3.24. The summed E-state index contributed by atoms with van der Waals surface area (Å²) in [5.41, 5.74) is 0.0862. The van der Waals surface area contributed by atoms with E-state index in [9.17, 15) is 9.18 Å². The minimum absolute atomic E-state index is 0.0862. The molecule has 2 rings (SSSR count). The monoisotopic (exact) mass is 325 g/mol. The van der Waals surface area contributed by atoms with E-state index in [4.69, 9.17) is 5.26 Å². The van der Waals surface area contributed by atoms with E-state index in [0.717, 1.165) is 0 Å². The van der Waals surface area contributed by atoms with Crippen LogP contribution < -0.4 is 0 Å². The largest absolute Gasteiger partial charge is 0.336 e. The van der Waals surface area contributed by atoms with Crippen LogP contribution in [0.3, 0.4) is 0 Å². The highest BCUT2D eigenvalue weighted by molar-refractivity contribution is 9.10. The SMILES string of the molecule is N#CCN1CCN(C(=O)c2cc(Br)ccc2F)CC1. The second-order valence-corrected chi connectivity index (χ2v) is 5.27. The first-order chi connectivity index (χ1) is 9.11. The fourth-order valence-corrected chi connectivity index (χ4v) is 2.40. The molecule has 0 N–H and O–H groups in total. The number of hydrogen-bond acceptors (Lipinski definition) is 3. The van der Waals surface area contributed by atoms with Crippen LogP contribution in [0, 0.1) is 17.1 Å². The smallest absolute Gasteiger partial charge is 0.256 e. The molecule has 0 bridgehead atoms. The number of rotatable bonds is 2. The lowest BCUT2D eigenvalue weighted by atomic mass is 10.1. The summed E-state index contributed by atoms with van der Waals surface area (Å²) in [6.07, 6.45) is 0. The van der Waals surface area contributed by atoms with Crippen molar-refractivity contribution in [3.8, 4) is 6.07 Å². The van der Waals surface area contributed by atoms with Crippen LogP contribution >= 0.6 is 15.9 Å². The van der Waals surface area contributed by atoms with E-state index in [2.05, 4.69) is 22.0 Å². The molecule has 1 amide bonds. The number of hydrogen-bond donors (Lipinski definition) is 0. The molecule has 0 aliphatic carbocycles. The predicted octanol–water partition coefficient (Wildman–Crippen LogP) is 1.87. The van der Waals surface area contributed by atoms with Gasteiger partial charge in [-0.1, -0.05) is 15.9 Å². The Morgan fingerprint density at radius 1 is 1.37 bits per heavy atom. The Bertz CT molecular complexity index is 521. The molecule has 0 aromatic heterocycles. The summed E-state index contributed by atoms with van der Waals surface area (Å²) in [4.78, 5) is 15.8. The Hall–Kier alpha value is -1.45. The number of carbonyl (C=O) groups excluding carboxylic acids is 1. The van der Waals surface area contributed by atoms with Crippen molar-refractivity contribution in [2.24, 2.45) is 0 Å². The van der Waals surface area contributed by atoms with Gasteiger partial charge in [0.25, 0.3) is 5.91 Å². The molecule has 1 aromatic rings. The van der Waals surface area contributed by atoms with Crippen molar-refractivity contribution >= 4 is 21.8 Å². The molecule has 4 nitrogen and oxygen atoms in total. The highest BCUT2D eigenvalue weighted by atomic mass is 79.9. The standard InChI is InChI=1S/C13H13BrFN3O/c14-10-1-2-12(15)11(9-10)13(19)18-7-5-17(4-3-16)6-8-18/h1-2,9H,4-8H2. The predicted molar refractivity (Wildman–Crippen MR) is 72.1 cm³/mol. The normalized spacial score (nSPS) is 16.2. The first-order valence-corrected chi connectivity index (χ1v) is 6.75. The van der Waals surface area contributed by atoms with Crippen molar-refractivity contribution in [3.05, 3.63) is 34.1 Å². The Labute approximate surface area is 119 Å². The Morgan fingerprint density at radius 2 is 2.05 bits per heavy atom. The molecule has 0 saturated carbocycles. The second kappa shape index (κ2) is 6.13. The summed E-state index contributed by atoms with van der Waals surface area (Å²) in [5, 5.41) is 8.61. The lowest BCUT2D eigenvalue weighted by molar-refractivity contribution is 0.0647. The fraction of sp³-hybridized carbons (Fsp3) is 0.385. The van der Waals surface area contributed by atoms with E-state index in [0.29, 0.717) is 37.2 Å². The van der Waals surface area contributed by atoms with Gasteiger partial charge in [-0.15, -0.1) is 0 Å². The maximum absolute atomic E-state index is 13.7. The Morgan fingerprint density at radius 3 is 2.68 bits per heavy atom. The van der Waals surface area contributed by atoms with E-state index in [1.54, 1.807) is 11.0 Å². The van der Waals surface area contributed by atoms with Gasteiger partial charge in [0.05, 0.1) is 18.2 Å². The summed E-state index contributed by atoms with van der Waals surface area (Å²) in [5.74, 6) is -0.803. The first-order valence-electron chi connectivity index (χ1n) is 5.95. The molecule has 1 heterocycles. The maximum atomic E-state index is 13.7. The fourth-order valence-electron chi connectivity index (χ4n) is 2.04. The third kappa shape index (κ3) is 3.31. The summed E-state index contributed by atoms with van der Waals surface area (Å²) in [7, 11) is 0. The molecule has 1 saturated heterocycles. The zero-order valence-electron chi connectivity index (χ0n) is 10.3. The van der Waals surface area contributed by atoms with Crippen LogP contribution in [0.5, 0.6) is 0 Å². The van der Waals surface area contributed by atoms with E-state index in [1.807, 2.05) is 4.90 Å². The zero-order chi connectivity index (χ0) is 13.8. The average Bonchev–Trinajstić information content (AvgIpc) is 2.42. The minimum Gasteiger partial charge on any atom is -0.336 e. The number of piperazine rings is 1. The van der Waals surface area contributed by atoms with E-state index >= 15 is 0 Å². The van der Waals surface area contributed by atoms with Crippen LogP contribution in [-0.4, -0.2) is 48.4 Å². The number of nitriles is 1. The molecule has 1 aromatic carbocycles. The second-order valence-electron chi connectivity index (χ2n) is 4.35. The van der Waals surface area contributed by atoms with E-state index < -0.39 is 5.82 Å². The average molecular weight is 326 g/mol. The van der Waals surface area contributed by atoms with Crippen LogP contribution in [0.4, 0.5) is 4.39 Å². The number of carbonyl (C=O) groups is 1. The van der Waals surface area contributed by atoms with Crippen molar-refractivity contribution in [2.45, 2.75) is 0 Å². The molecule has 19 heavy (non-hydrogen) atoms. The minimum atomic E-state index is -0.507. The topological polar surface area (TPSA) is 47.3 Å². The number of halogens is 2. The van der Waals surface area contributed by atoms with Gasteiger partial charge < -0.3 is 4.90 Å². The lowest BCUT2D eigenvalue weighted by Gasteiger charge is -2.33. The van der Waals surface area contributed by atoms with Gasteiger partial charge in [-0.3, -0.25) is 9.69 Å². The van der Waals surface area contributed by atoms with Crippen LogP contribution in [-0.2, 0) is 0 Å². The molecule has 100 valence electrons. The number of benzene rings is 1. The molecule has 0 radical (unpaired) electrons. The summed E-state index contributed by atoms with van der Waals surface area (Å²) in [6, 6.07) is 6.43. The van der Waals surface area contributed by atoms with Crippen molar-refractivity contribution in [1.29, 1.82) is 5.26 Å². The highest BCUT2D eigenvalue weighted by Crippen LogP contribution is 2.18. The molecule has 1 fully saturated rings. The number of amides is 1. The molecular weight excluding hydrogens is 313 g/mol. The lowest BCUT2D eigenvalue weighted by Crippen LogP contribution is -2.48. The van der Waals surface area contributed by atoms with Gasteiger partial charge in [0, 0.05) is 30.7 Å². The third-order valence-electron chi connectivity index (χ3n) is 3.11. The van der Waals surface area contributed by atoms with Gasteiger partial charge in [-0.25, -0.2) is 4.39 Å². The molecule has 1 aliphatic heterocycles. The molecule has 0 unspecified atom stereocenters. The van der Waals surface area contributed by atoms with Crippen molar-refractivity contribution in [2.75, 3.05) is 32.7 Å². The van der Waals surface area contributed by atoms with Crippen molar-refractivity contribution in [1.82, 2.24) is 9.80 Å². The molecule has 0 atom stereocenters. The van der Waals surface area contributed by atoms with E-state index in [-0.39, 0.29) is 11.5 Å². The van der Waals surface area contributed by atoms with Gasteiger partial charge in [0.15, 0.2) is 0 Å². The van der Waals surface area contributed by atoms with Gasteiger partial charge >= 0.3 is 0 Å². The first kappa shape index (κ1) is 14.0. The van der Waals surface area contributed by atoms with Gasteiger partial charge in [-0.2, -0.15) is 5.26 Å². The van der Waals surface area contributed by atoms with Crippen LogP contribution in [0.1, 0.15) is 10.4 Å². The zero-order valence-corrected chi connectivity index (χ0v) is 11.9. The van der Waals surface area contributed by atoms with Crippen LogP contribution in [0.25, 0.3) is 0 Å². The van der Waals surface area contributed by atoms with Gasteiger partial charge in [-0.05, 0) is 18.2 Å². The van der Waals surface area contributed by atoms with Crippen molar-refractivity contribution in [3.63, 3.8) is 0 Å². The highest BCUT2D eigenvalue weighted by Gasteiger charge is 2.23. The van der Waals surface area contributed by atoms with Crippen LogP contribution in [0.15, 0.2) is 22.7 Å².